The van der Waals surface area contributed by atoms with Crippen LogP contribution in [0.5, 0.6) is 0 Å². The fourth-order valence-electron chi connectivity index (χ4n) is 1.96. The standard InChI is InChI=1S/C11H16N2.ClH/c12-13-8-6-11(7-9-13)10-4-2-1-3-5-10;/h1-5,11H,6-9,12H2;1H. The summed E-state index contributed by atoms with van der Waals surface area (Å²) >= 11 is 0. The van der Waals surface area contributed by atoms with Gasteiger partial charge in [-0.25, -0.2) is 5.01 Å². The van der Waals surface area contributed by atoms with Gasteiger partial charge >= 0.3 is 0 Å². The van der Waals surface area contributed by atoms with E-state index < -0.39 is 0 Å². The molecule has 2 nitrogen and oxygen atoms in total. The molecule has 1 aromatic carbocycles. The van der Waals surface area contributed by atoms with E-state index in [4.69, 9.17) is 5.84 Å². The molecule has 0 bridgehead atoms. The molecular formula is C11H17ClN2. The zero-order valence-corrected chi connectivity index (χ0v) is 9.04. The normalized spacial score (nSPS) is 18.9. The molecule has 1 aliphatic rings. The maximum Gasteiger partial charge on any atom is 0.0134 e. The molecule has 0 spiro atoms. The Morgan fingerprint density at radius 3 is 2.21 bits per heavy atom. The van der Waals surface area contributed by atoms with Crippen molar-refractivity contribution in [3.63, 3.8) is 0 Å². The van der Waals surface area contributed by atoms with Gasteiger partial charge in [0, 0.05) is 13.1 Å². The first-order chi connectivity index (χ1) is 6.36. The zero-order valence-electron chi connectivity index (χ0n) is 8.23. The third-order valence-corrected chi connectivity index (χ3v) is 2.80. The zero-order chi connectivity index (χ0) is 9.10. The number of rotatable bonds is 1. The first-order valence-corrected chi connectivity index (χ1v) is 4.91. The summed E-state index contributed by atoms with van der Waals surface area (Å²) in [5.41, 5.74) is 1.47. The van der Waals surface area contributed by atoms with Crippen molar-refractivity contribution in [2.75, 3.05) is 13.1 Å². The number of halogens is 1. The van der Waals surface area contributed by atoms with Crippen molar-refractivity contribution in [2.45, 2.75) is 18.8 Å². The summed E-state index contributed by atoms with van der Waals surface area (Å²) in [6.45, 7) is 2.05. The molecule has 1 fully saturated rings. The lowest BCUT2D eigenvalue weighted by molar-refractivity contribution is 0.217. The van der Waals surface area contributed by atoms with Crippen LogP contribution in [0, 0.1) is 0 Å². The van der Waals surface area contributed by atoms with Gasteiger partial charge in [0.1, 0.15) is 0 Å². The van der Waals surface area contributed by atoms with E-state index in [1.165, 1.54) is 18.4 Å². The lowest BCUT2D eigenvalue weighted by atomic mass is 9.90. The Kier molecular flexibility index (Phi) is 4.39. The smallest absolute Gasteiger partial charge is 0.0134 e. The van der Waals surface area contributed by atoms with Crippen molar-refractivity contribution in [1.82, 2.24) is 5.01 Å². The van der Waals surface area contributed by atoms with Gasteiger partial charge in [0.2, 0.25) is 0 Å². The highest BCUT2D eigenvalue weighted by atomic mass is 35.5. The topological polar surface area (TPSA) is 29.3 Å². The highest BCUT2D eigenvalue weighted by Crippen LogP contribution is 2.26. The molecule has 0 saturated carbocycles. The number of piperidine rings is 1. The summed E-state index contributed by atoms with van der Waals surface area (Å²) in [5, 5.41) is 1.92. The van der Waals surface area contributed by atoms with E-state index in [1.807, 2.05) is 5.01 Å². The minimum Gasteiger partial charge on any atom is -0.269 e. The van der Waals surface area contributed by atoms with E-state index in [1.54, 1.807) is 0 Å². The molecule has 1 heterocycles. The van der Waals surface area contributed by atoms with E-state index in [2.05, 4.69) is 30.3 Å². The second-order valence-electron chi connectivity index (χ2n) is 3.72. The van der Waals surface area contributed by atoms with Crippen LogP contribution < -0.4 is 5.84 Å². The minimum absolute atomic E-state index is 0. The van der Waals surface area contributed by atoms with E-state index in [9.17, 15) is 0 Å². The van der Waals surface area contributed by atoms with Crippen LogP contribution in [0.3, 0.4) is 0 Å². The predicted octanol–water partition coefficient (Wildman–Crippen LogP) is 2.16. The molecule has 3 heteroatoms. The lowest BCUT2D eigenvalue weighted by Gasteiger charge is -2.28. The SMILES string of the molecule is Cl.NN1CCC(c2ccccc2)CC1. The predicted molar refractivity (Wildman–Crippen MR) is 61.4 cm³/mol. The van der Waals surface area contributed by atoms with Crippen molar-refractivity contribution in [3.8, 4) is 0 Å². The second-order valence-corrected chi connectivity index (χ2v) is 3.72. The van der Waals surface area contributed by atoms with Crippen LogP contribution in [-0.2, 0) is 0 Å². The van der Waals surface area contributed by atoms with Gasteiger partial charge in [-0.1, -0.05) is 30.3 Å². The molecule has 1 saturated heterocycles. The van der Waals surface area contributed by atoms with Crippen LogP contribution in [0.25, 0.3) is 0 Å². The van der Waals surface area contributed by atoms with E-state index in [0.717, 1.165) is 19.0 Å². The Hall–Kier alpha value is -0.570. The van der Waals surface area contributed by atoms with E-state index >= 15 is 0 Å². The Labute approximate surface area is 91.5 Å². The van der Waals surface area contributed by atoms with Crippen LogP contribution in [0.15, 0.2) is 30.3 Å². The molecule has 78 valence electrons. The van der Waals surface area contributed by atoms with Gasteiger partial charge in [0.25, 0.3) is 0 Å². The maximum absolute atomic E-state index is 5.71. The Morgan fingerprint density at radius 2 is 1.64 bits per heavy atom. The van der Waals surface area contributed by atoms with Crippen molar-refractivity contribution >= 4 is 12.4 Å². The number of nitrogens with zero attached hydrogens (tertiary/aromatic N) is 1. The van der Waals surface area contributed by atoms with E-state index in [0.29, 0.717) is 0 Å². The Balaban J connectivity index is 0.000000980. The van der Waals surface area contributed by atoms with E-state index in [-0.39, 0.29) is 12.4 Å². The van der Waals surface area contributed by atoms with Gasteiger partial charge in [-0.3, -0.25) is 5.84 Å². The summed E-state index contributed by atoms with van der Waals surface area (Å²) in [7, 11) is 0. The maximum atomic E-state index is 5.71. The molecule has 2 rings (SSSR count). The fraction of sp³-hybridized carbons (Fsp3) is 0.455. The monoisotopic (exact) mass is 212 g/mol. The van der Waals surface area contributed by atoms with Crippen LogP contribution in [0.4, 0.5) is 0 Å². The molecule has 0 radical (unpaired) electrons. The van der Waals surface area contributed by atoms with Crippen molar-refractivity contribution in [1.29, 1.82) is 0 Å². The lowest BCUT2D eigenvalue weighted by Crippen LogP contribution is -2.38. The number of hydrogen-bond acceptors (Lipinski definition) is 2. The van der Waals surface area contributed by atoms with Gasteiger partial charge in [0.15, 0.2) is 0 Å². The first-order valence-electron chi connectivity index (χ1n) is 4.91. The van der Waals surface area contributed by atoms with Crippen LogP contribution >= 0.6 is 12.4 Å². The van der Waals surface area contributed by atoms with Gasteiger partial charge in [-0.05, 0) is 24.3 Å². The van der Waals surface area contributed by atoms with Crippen molar-refractivity contribution in [3.05, 3.63) is 35.9 Å². The molecule has 14 heavy (non-hydrogen) atoms. The third kappa shape index (κ3) is 2.71. The number of hydrogen-bond donors (Lipinski definition) is 1. The molecule has 2 N–H and O–H groups in total. The van der Waals surface area contributed by atoms with Gasteiger partial charge < -0.3 is 0 Å². The summed E-state index contributed by atoms with van der Waals surface area (Å²) in [4.78, 5) is 0. The second kappa shape index (κ2) is 5.35. The number of hydrazine groups is 1. The van der Waals surface area contributed by atoms with Gasteiger partial charge in [-0.2, -0.15) is 0 Å². The number of nitrogens with two attached hydrogens (primary N) is 1. The molecule has 1 aromatic rings. The third-order valence-electron chi connectivity index (χ3n) is 2.80. The van der Waals surface area contributed by atoms with Crippen LogP contribution in [-0.4, -0.2) is 18.1 Å². The quantitative estimate of drug-likeness (QED) is 0.723. The largest absolute Gasteiger partial charge is 0.269 e. The average molecular weight is 213 g/mol. The Bertz CT molecular complexity index is 255. The Morgan fingerprint density at radius 1 is 1.07 bits per heavy atom. The van der Waals surface area contributed by atoms with Crippen LogP contribution in [0.1, 0.15) is 24.3 Å². The molecule has 0 unspecified atom stereocenters. The average Bonchev–Trinajstić information content (AvgIpc) is 2.20. The van der Waals surface area contributed by atoms with Crippen molar-refractivity contribution in [2.24, 2.45) is 5.84 Å². The highest BCUT2D eigenvalue weighted by molar-refractivity contribution is 5.85. The first kappa shape index (κ1) is 11.5. The highest BCUT2D eigenvalue weighted by Gasteiger charge is 2.17. The molecule has 1 aliphatic heterocycles. The number of benzene rings is 1. The summed E-state index contributed by atoms with van der Waals surface area (Å²) < 4.78 is 0. The van der Waals surface area contributed by atoms with Gasteiger partial charge in [0.05, 0.1) is 0 Å². The molecule has 0 aliphatic carbocycles. The molecule has 0 amide bonds. The van der Waals surface area contributed by atoms with Gasteiger partial charge in [-0.15, -0.1) is 12.4 Å². The molecule has 0 aromatic heterocycles. The summed E-state index contributed by atoms with van der Waals surface area (Å²) in [6, 6.07) is 10.7. The summed E-state index contributed by atoms with van der Waals surface area (Å²) in [6.07, 6.45) is 2.39. The van der Waals surface area contributed by atoms with Crippen molar-refractivity contribution < 1.29 is 0 Å². The molecular weight excluding hydrogens is 196 g/mol. The summed E-state index contributed by atoms with van der Waals surface area (Å²) in [5.74, 6) is 6.43. The van der Waals surface area contributed by atoms with Crippen LogP contribution in [0.2, 0.25) is 0 Å². The molecule has 0 atom stereocenters. The fourth-order valence-corrected chi connectivity index (χ4v) is 1.96. The minimum atomic E-state index is 0.